The van der Waals surface area contributed by atoms with Gasteiger partial charge in [-0.2, -0.15) is 0 Å². The van der Waals surface area contributed by atoms with Gasteiger partial charge in [0.05, 0.1) is 31.0 Å². The van der Waals surface area contributed by atoms with Crippen LogP contribution in [-0.2, 0) is 9.47 Å². The van der Waals surface area contributed by atoms with E-state index >= 15 is 0 Å². The first-order chi connectivity index (χ1) is 19.1. The molecule has 2 unspecified atom stereocenters. The minimum absolute atomic E-state index is 0.0606. The summed E-state index contributed by atoms with van der Waals surface area (Å²) < 4.78 is 16.7. The fraction of sp³-hybridized carbons (Fsp3) is 0.452. The summed E-state index contributed by atoms with van der Waals surface area (Å²) in [5.74, 6) is 1.43. The van der Waals surface area contributed by atoms with E-state index in [1.807, 2.05) is 24.3 Å². The van der Waals surface area contributed by atoms with Crippen molar-refractivity contribution in [3.63, 3.8) is 0 Å². The van der Waals surface area contributed by atoms with Gasteiger partial charge in [0.1, 0.15) is 24.5 Å². The molecule has 3 N–H and O–H groups in total. The van der Waals surface area contributed by atoms with Crippen LogP contribution in [0.4, 0.5) is 0 Å². The van der Waals surface area contributed by atoms with Gasteiger partial charge in [0.15, 0.2) is 5.76 Å². The van der Waals surface area contributed by atoms with Gasteiger partial charge in [-0.25, -0.2) is 0 Å². The number of nitrogens with one attached hydrogen (secondary N) is 1. The third-order valence-electron chi connectivity index (χ3n) is 8.08. The second kappa shape index (κ2) is 12.8. The van der Waals surface area contributed by atoms with Crippen LogP contribution in [0.15, 0.2) is 78.8 Å². The Bertz CT molecular complexity index is 1250. The van der Waals surface area contributed by atoms with Gasteiger partial charge >= 0.3 is 0 Å². The maximum absolute atomic E-state index is 11.2. The molecular weight excluding hydrogens is 494 g/mol. The number of nitrogens with zero attached hydrogens (tertiary/aromatic N) is 2. The number of piperidine rings is 1. The topological polar surface area (TPSA) is 96.3 Å². The van der Waals surface area contributed by atoms with Crippen molar-refractivity contribution in [2.75, 3.05) is 33.4 Å². The maximum Gasteiger partial charge on any atom is 0.155 e. The molecule has 1 aromatic heterocycles. The second-order valence-corrected chi connectivity index (χ2v) is 10.6. The first-order valence-electron chi connectivity index (χ1n) is 13.8. The van der Waals surface area contributed by atoms with Gasteiger partial charge in [0, 0.05) is 37.2 Å². The third kappa shape index (κ3) is 6.70. The van der Waals surface area contributed by atoms with Gasteiger partial charge in [0.25, 0.3) is 0 Å². The van der Waals surface area contributed by atoms with Gasteiger partial charge in [0.2, 0.25) is 0 Å². The summed E-state index contributed by atoms with van der Waals surface area (Å²) in [5.41, 5.74) is 2.82. The SMILES string of the molecule is COc1cnc2cccc(C(O)CN3CCC(CCO)(NC(CC4=CC=CCC4)C4=COC=CO4)CC3)c2c1. The summed E-state index contributed by atoms with van der Waals surface area (Å²) in [6, 6.07) is 7.72. The molecule has 2 atom stereocenters. The fourth-order valence-electron chi connectivity index (χ4n) is 5.86. The van der Waals surface area contributed by atoms with Gasteiger partial charge < -0.3 is 34.6 Å². The van der Waals surface area contributed by atoms with E-state index in [9.17, 15) is 10.2 Å². The smallest absolute Gasteiger partial charge is 0.155 e. The maximum atomic E-state index is 11.2. The average Bonchev–Trinajstić information content (AvgIpc) is 2.98. The van der Waals surface area contributed by atoms with Crippen molar-refractivity contribution in [3.8, 4) is 5.75 Å². The number of rotatable bonds is 11. The number of aliphatic hydroxyl groups excluding tert-OH is 2. The Morgan fingerprint density at radius 3 is 2.82 bits per heavy atom. The number of hydrogen-bond acceptors (Lipinski definition) is 8. The number of aromatic nitrogens is 1. The molecule has 3 heterocycles. The normalized spacial score (nSPS) is 20.5. The molecule has 0 saturated carbocycles. The number of fused-ring (bicyclic) bond motifs is 1. The fourth-order valence-corrected chi connectivity index (χ4v) is 5.86. The lowest BCUT2D eigenvalue weighted by atomic mass is 9.82. The zero-order valence-electron chi connectivity index (χ0n) is 22.6. The van der Waals surface area contributed by atoms with E-state index in [2.05, 4.69) is 33.4 Å². The van der Waals surface area contributed by atoms with Gasteiger partial charge in [-0.3, -0.25) is 4.98 Å². The van der Waals surface area contributed by atoms with E-state index in [4.69, 9.17) is 14.2 Å². The number of likely N-dealkylation sites (tertiary alicyclic amines) is 1. The van der Waals surface area contributed by atoms with Gasteiger partial charge in [-0.1, -0.05) is 35.9 Å². The largest absolute Gasteiger partial charge is 0.495 e. The van der Waals surface area contributed by atoms with E-state index in [0.29, 0.717) is 18.7 Å². The van der Waals surface area contributed by atoms with Crippen molar-refractivity contribution in [2.24, 2.45) is 0 Å². The highest BCUT2D eigenvalue weighted by Crippen LogP contribution is 2.32. The zero-order valence-corrected chi connectivity index (χ0v) is 22.6. The van der Waals surface area contributed by atoms with Crippen LogP contribution in [0.25, 0.3) is 10.9 Å². The van der Waals surface area contributed by atoms with Crippen molar-refractivity contribution in [3.05, 3.63) is 84.4 Å². The molecule has 8 nitrogen and oxygen atoms in total. The predicted octanol–water partition coefficient (Wildman–Crippen LogP) is 4.48. The van der Waals surface area contributed by atoms with Crippen molar-refractivity contribution in [2.45, 2.75) is 56.2 Å². The highest BCUT2D eigenvalue weighted by molar-refractivity contribution is 5.83. The lowest BCUT2D eigenvalue weighted by Gasteiger charge is -2.45. The Kier molecular flexibility index (Phi) is 8.98. The van der Waals surface area contributed by atoms with Crippen LogP contribution in [0, 0.1) is 0 Å². The summed E-state index contributed by atoms with van der Waals surface area (Å²) in [5, 5.41) is 26.1. The quantitative estimate of drug-likeness (QED) is 0.389. The van der Waals surface area contributed by atoms with Crippen LogP contribution in [0.5, 0.6) is 5.75 Å². The Labute approximate surface area is 230 Å². The molecule has 0 amide bonds. The van der Waals surface area contributed by atoms with Crippen LogP contribution in [-0.4, -0.2) is 65.0 Å². The predicted molar refractivity (Wildman–Crippen MR) is 151 cm³/mol. The van der Waals surface area contributed by atoms with Crippen molar-refractivity contribution in [1.82, 2.24) is 15.2 Å². The van der Waals surface area contributed by atoms with E-state index in [1.165, 1.54) is 11.8 Å². The molecule has 8 heteroatoms. The third-order valence-corrected chi connectivity index (χ3v) is 8.08. The number of aliphatic hydroxyl groups is 2. The monoisotopic (exact) mass is 533 g/mol. The van der Waals surface area contributed by atoms with Gasteiger partial charge in [-0.15, -0.1) is 0 Å². The summed E-state index contributed by atoms with van der Waals surface area (Å²) >= 11 is 0. The highest BCUT2D eigenvalue weighted by Gasteiger charge is 2.38. The molecule has 0 spiro atoms. The van der Waals surface area contributed by atoms with Crippen LogP contribution in [0.1, 0.15) is 50.2 Å². The minimum atomic E-state index is -0.648. The Balaban J connectivity index is 1.27. The van der Waals surface area contributed by atoms with Crippen LogP contribution < -0.4 is 10.1 Å². The van der Waals surface area contributed by atoms with E-state index in [0.717, 1.165) is 67.4 Å². The number of hydrogen-bond donors (Lipinski definition) is 3. The van der Waals surface area contributed by atoms with E-state index < -0.39 is 6.10 Å². The number of methoxy groups -OCH3 is 1. The summed E-state index contributed by atoms with van der Waals surface area (Å²) in [7, 11) is 1.62. The Morgan fingerprint density at radius 2 is 2.10 bits per heavy atom. The summed E-state index contributed by atoms with van der Waals surface area (Å²) in [6.45, 7) is 2.26. The molecule has 1 aliphatic carbocycles. The van der Waals surface area contributed by atoms with Crippen molar-refractivity contribution in [1.29, 1.82) is 0 Å². The Morgan fingerprint density at radius 1 is 1.23 bits per heavy atom. The molecule has 5 rings (SSSR count). The molecule has 2 aromatic rings. The summed E-state index contributed by atoms with van der Waals surface area (Å²) in [4.78, 5) is 6.78. The van der Waals surface area contributed by atoms with Crippen LogP contribution >= 0.6 is 0 Å². The number of pyridine rings is 1. The summed E-state index contributed by atoms with van der Waals surface area (Å²) in [6.07, 6.45) is 17.6. The lowest BCUT2D eigenvalue weighted by molar-refractivity contribution is 0.0578. The molecule has 1 aromatic carbocycles. The van der Waals surface area contributed by atoms with Crippen molar-refractivity contribution >= 4 is 10.9 Å². The highest BCUT2D eigenvalue weighted by atomic mass is 16.5. The van der Waals surface area contributed by atoms with Crippen molar-refractivity contribution < 1.29 is 24.4 Å². The number of β-amino-alcohol motifs (C(OH)–C–C–N with tert-alkyl or cyclic N) is 1. The molecule has 208 valence electrons. The minimum Gasteiger partial charge on any atom is -0.495 e. The number of allylic oxidation sites excluding steroid dienone is 3. The van der Waals surface area contributed by atoms with E-state index in [-0.39, 0.29) is 18.2 Å². The molecule has 0 radical (unpaired) electrons. The first-order valence-corrected chi connectivity index (χ1v) is 13.8. The Hall–Kier alpha value is -3.17. The number of benzene rings is 1. The van der Waals surface area contributed by atoms with Gasteiger partial charge in [-0.05, 0) is 56.2 Å². The molecule has 1 saturated heterocycles. The average molecular weight is 534 g/mol. The van der Waals surface area contributed by atoms with Crippen LogP contribution in [0.2, 0.25) is 0 Å². The number of ether oxygens (including phenoxy) is 3. The molecule has 2 aliphatic heterocycles. The van der Waals surface area contributed by atoms with Crippen LogP contribution in [0.3, 0.4) is 0 Å². The molecule has 1 fully saturated rings. The standard InChI is InChI=1S/C31H39N3O5/c1-37-24-19-26-25(8-5-9-27(26)32-20-24)29(36)21-34-13-10-31(11-14-34,12-15-35)33-28(30-22-38-16-17-39-30)18-23-6-3-2-4-7-23/h2-3,5-6,8-9,16-17,19-20,22,28-29,33,35-36H,4,7,10-15,18,21H2,1H3. The van der Waals surface area contributed by atoms with E-state index in [1.54, 1.807) is 25.8 Å². The first kappa shape index (κ1) is 27.4. The molecule has 3 aliphatic rings. The molecule has 39 heavy (non-hydrogen) atoms. The molecule has 0 bridgehead atoms. The second-order valence-electron chi connectivity index (χ2n) is 10.6. The lowest BCUT2D eigenvalue weighted by Crippen LogP contribution is -2.57. The zero-order chi connectivity index (χ0) is 27.1. The molecular formula is C31H39N3O5.